The van der Waals surface area contributed by atoms with Crippen LogP contribution in [0.25, 0.3) is 11.0 Å². The zero-order valence-electron chi connectivity index (χ0n) is 26.2. The molecule has 5 aromatic rings. The van der Waals surface area contributed by atoms with Gasteiger partial charge in [0.2, 0.25) is 5.91 Å². The van der Waals surface area contributed by atoms with Gasteiger partial charge in [0.1, 0.15) is 22.9 Å². The number of carbonyl (C=O) groups is 2. The van der Waals surface area contributed by atoms with Crippen LogP contribution in [0.3, 0.4) is 0 Å². The van der Waals surface area contributed by atoms with E-state index in [9.17, 15) is 9.59 Å². The molecule has 3 aliphatic rings. The van der Waals surface area contributed by atoms with E-state index in [1.54, 1.807) is 36.4 Å². The summed E-state index contributed by atoms with van der Waals surface area (Å²) in [4.78, 5) is 34.6. The average molecular weight is 702 g/mol. The number of likely N-dealkylation sites (tertiary alicyclic amines) is 1. The minimum absolute atomic E-state index is 0. The van der Waals surface area contributed by atoms with Crippen LogP contribution < -0.4 is 10.1 Å². The first-order valence-corrected chi connectivity index (χ1v) is 16.6. The molecule has 4 heterocycles. The van der Waals surface area contributed by atoms with E-state index in [2.05, 4.69) is 14.8 Å². The summed E-state index contributed by atoms with van der Waals surface area (Å²) in [5, 5.41) is 3.57. The van der Waals surface area contributed by atoms with Crippen molar-refractivity contribution in [3.8, 4) is 5.75 Å². The Morgan fingerprint density at radius 2 is 1.90 bits per heavy atom. The van der Waals surface area contributed by atoms with Crippen molar-refractivity contribution in [2.75, 3.05) is 19.0 Å². The predicted octanol–water partition coefficient (Wildman–Crippen LogP) is 8.31. The van der Waals surface area contributed by atoms with Gasteiger partial charge in [-0.2, -0.15) is 0 Å². The lowest BCUT2D eigenvalue weighted by atomic mass is 9.70. The molecule has 1 spiro atoms. The van der Waals surface area contributed by atoms with E-state index < -0.39 is 29.2 Å². The van der Waals surface area contributed by atoms with Crippen molar-refractivity contribution in [2.24, 2.45) is 0 Å². The second-order valence-electron chi connectivity index (χ2n) is 12.4. The predicted molar refractivity (Wildman–Crippen MR) is 188 cm³/mol. The molecule has 1 amide bonds. The third-order valence-corrected chi connectivity index (χ3v) is 10.6. The van der Waals surface area contributed by atoms with Gasteiger partial charge in [-0.25, -0.2) is 14.2 Å². The molecule has 8 nitrogen and oxygen atoms in total. The first-order valence-electron chi connectivity index (χ1n) is 15.9. The normalized spacial score (nSPS) is 22.3. The molecule has 1 aromatic heterocycles. The van der Waals surface area contributed by atoms with Crippen LogP contribution in [-0.4, -0.2) is 46.1 Å². The van der Waals surface area contributed by atoms with Gasteiger partial charge < -0.3 is 19.4 Å². The number of aromatic nitrogens is 2. The number of nitrogens with one attached hydrogen (secondary N) is 1. The summed E-state index contributed by atoms with van der Waals surface area (Å²) in [6.07, 6.45) is 0.656. The van der Waals surface area contributed by atoms with Gasteiger partial charge in [-0.1, -0.05) is 61.0 Å². The lowest BCUT2D eigenvalue weighted by Gasteiger charge is -2.40. The van der Waals surface area contributed by atoms with E-state index in [-0.39, 0.29) is 24.4 Å². The second kappa shape index (κ2) is 12.5. The Hall–Kier alpha value is -4.44. The summed E-state index contributed by atoms with van der Waals surface area (Å²) < 4.78 is 29.4. The van der Waals surface area contributed by atoms with E-state index in [0.717, 1.165) is 16.8 Å². The summed E-state index contributed by atoms with van der Waals surface area (Å²) in [5.41, 5.74) is 3.08. The highest BCUT2D eigenvalue weighted by molar-refractivity contribution is 6.31. The summed E-state index contributed by atoms with van der Waals surface area (Å²) >= 11 is 12.9. The maximum absolute atomic E-state index is 16.5. The molecule has 0 aliphatic carbocycles. The van der Waals surface area contributed by atoms with Gasteiger partial charge >= 0.3 is 5.97 Å². The van der Waals surface area contributed by atoms with Crippen LogP contribution in [0.5, 0.6) is 5.75 Å². The Bertz CT molecular complexity index is 2140. The minimum atomic E-state index is -1.35. The highest BCUT2D eigenvalue weighted by atomic mass is 35.5. The molecule has 0 saturated carbocycles. The van der Waals surface area contributed by atoms with Crippen LogP contribution in [0, 0.1) is 5.82 Å². The number of methoxy groups -OCH3 is 1. The van der Waals surface area contributed by atoms with Gasteiger partial charge in [0.05, 0.1) is 35.3 Å². The molecular weight excluding hydrogens is 666 g/mol. The fourth-order valence-electron chi connectivity index (χ4n) is 8.32. The fraction of sp³-hybridized carbons (Fsp3) is 0.289. The number of imidazole rings is 1. The lowest BCUT2D eigenvalue weighted by Crippen LogP contribution is -2.51. The molecule has 1 fully saturated rings. The molecule has 0 bridgehead atoms. The van der Waals surface area contributed by atoms with Crippen molar-refractivity contribution in [1.82, 2.24) is 14.5 Å². The molecule has 4 atom stereocenters. The van der Waals surface area contributed by atoms with Crippen LogP contribution in [0.4, 0.5) is 10.1 Å². The molecule has 0 unspecified atom stereocenters. The monoisotopic (exact) mass is 700 g/mol. The summed E-state index contributed by atoms with van der Waals surface area (Å²) in [5.74, 6) is -1.04. The van der Waals surface area contributed by atoms with E-state index in [1.165, 1.54) is 13.2 Å². The standard InChI is InChI=1S/C37H31Cl2FN4O4.CH4/c1-3-48-23-7-4-6-20(16-23)19-44-30-14-15-43-29-13-10-21(35(45)47-2)17-28(29)41-34(43)31(30)32(24-8-5-9-26(39)33(24)40)37(44)25-12-11-22(38)18-27(25)42-36(37)46;/h4-13,16-18,30-32H,3,14-15,19H2,1-2H3,(H,42,46);1H4/t30-,31+,32-,37+;/m0./s1. The Labute approximate surface area is 293 Å². The topological polar surface area (TPSA) is 85.7 Å². The Kier molecular flexibility index (Phi) is 8.41. The van der Waals surface area contributed by atoms with Gasteiger partial charge in [0.15, 0.2) is 0 Å². The Balaban J connectivity index is 0.00000378. The average Bonchev–Trinajstić information content (AvgIpc) is 3.69. The number of anilines is 1. The highest BCUT2D eigenvalue weighted by Gasteiger charge is 2.68. The quantitative estimate of drug-likeness (QED) is 0.179. The molecular formula is C38H35Cl2FN4O4. The molecule has 0 radical (unpaired) electrons. The number of hydrogen-bond donors (Lipinski definition) is 1. The van der Waals surface area contributed by atoms with Gasteiger partial charge in [-0.3, -0.25) is 9.69 Å². The highest BCUT2D eigenvalue weighted by Crippen LogP contribution is 2.64. The number of esters is 1. The zero-order valence-corrected chi connectivity index (χ0v) is 27.7. The summed E-state index contributed by atoms with van der Waals surface area (Å²) in [7, 11) is 1.34. The molecule has 3 aliphatic heterocycles. The van der Waals surface area contributed by atoms with Crippen molar-refractivity contribution >= 4 is 51.8 Å². The van der Waals surface area contributed by atoms with Crippen molar-refractivity contribution in [2.45, 2.75) is 57.3 Å². The first-order chi connectivity index (χ1) is 23.3. The summed E-state index contributed by atoms with van der Waals surface area (Å²) in [6.45, 7) is 3.44. The number of benzene rings is 4. The molecule has 1 N–H and O–H groups in total. The fourth-order valence-corrected chi connectivity index (χ4v) is 8.67. The van der Waals surface area contributed by atoms with Crippen molar-refractivity contribution in [3.05, 3.63) is 123 Å². The second-order valence-corrected chi connectivity index (χ2v) is 13.3. The van der Waals surface area contributed by atoms with Crippen LogP contribution in [0.1, 0.15) is 65.5 Å². The lowest BCUT2D eigenvalue weighted by molar-refractivity contribution is -0.128. The molecule has 8 rings (SSSR count). The number of aryl methyl sites for hydroxylation is 1. The van der Waals surface area contributed by atoms with E-state index in [1.807, 2.05) is 43.3 Å². The van der Waals surface area contributed by atoms with Crippen molar-refractivity contribution < 1.29 is 23.5 Å². The van der Waals surface area contributed by atoms with Crippen LogP contribution in [-0.2, 0) is 28.2 Å². The number of amides is 1. The van der Waals surface area contributed by atoms with E-state index in [0.29, 0.717) is 64.9 Å². The third kappa shape index (κ3) is 4.93. The third-order valence-electron chi connectivity index (χ3n) is 10.1. The van der Waals surface area contributed by atoms with Gasteiger partial charge in [0.25, 0.3) is 0 Å². The number of nitrogens with zero attached hydrogens (tertiary/aromatic N) is 3. The van der Waals surface area contributed by atoms with Crippen LogP contribution in [0.15, 0.2) is 78.9 Å². The SMILES string of the molecule is C.CCOc1cccc(CN2[C@H]3CCn4c(nc5cc(C(=O)OC)ccc54)[C@H]3[C@H](c3cccc(Cl)c3F)[C@]23C(=O)Nc2cc(Cl)ccc23)c1. The Morgan fingerprint density at radius 1 is 1.08 bits per heavy atom. The first kappa shape index (κ1) is 33.1. The van der Waals surface area contributed by atoms with Gasteiger partial charge in [0, 0.05) is 47.2 Å². The molecule has 252 valence electrons. The molecule has 4 aromatic carbocycles. The maximum atomic E-state index is 16.5. The smallest absolute Gasteiger partial charge is 0.337 e. The molecule has 11 heteroatoms. The Morgan fingerprint density at radius 3 is 2.69 bits per heavy atom. The zero-order chi connectivity index (χ0) is 33.3. The van der Waals surface area contributed by atoms with E-state index in [4.69, 9.17) is 37.7 Å². The molecule has 49 heavy (non-hydrogen) atoms. The van der Waals surface area contributed by atoms with E-state index >= 15 is 4.39 Å². The van der Waals surface area contributed by atoms with Crippen LogP contribution >= 0.6 is 23.2 Å². The van der Waals surface area contributed by atoms with Crippen molar-refractivity contribution in [3.63, 3.8) is 0 Å². The van der Waals surface area contributed by atoms with Gasteiger partial charge in [-0.15, -0.1) is 0 Å². The van der Waals surface area contributed by atoms with Crippen molar-refractivity contribution in [1.29, 1.82) is 0 Å². The number of halogens is 3. The number of hydrogen-bond acceptors (Lipinski definition) is 6. The minimum Gasteiger partial charge on any atom is -0.494 e. The number of carbonyl (C=O) groups excluding carboxylic acids is 2. The van der Waals surface area contributed by atoms with Crippen LogP contribution in [0.2, 0.25) is 10.0 Å². The molecule has 1 saturated heterocycles. The summed E-state index contributed by atoms with van der Waals surface area (Å²) in [6, 6.07) is 23.3. The largest absolute Gasteiger partial charge is 0.494 e. The van der Waals surface area contributed by atoms with Gasteiger partial charge in [-0.05, 0) is 73.0 Å². The number of rotatable bonds is 6. The number of fused-ring (bicyclic) bond motifs is 7. The number of ether oxygens (including phenoxy) is 2. The maximum Gasteiger partial charge on any atom is 0.337 e.